The number of benzene rings is 3. The molecule has 0 saturated carbocycles. The highest BCUT2D eigenvalue weighted by Gasteiger charge is 2.26. The van der Waals surface area contributed by atoms with Gasteiger partial charge in [-0.05, 0) is 47.5 Å². The lowest BCUT2D eigenvalue weighted by molar-refractivity contribution is 0.0878. The molecule has 0 spiro atoms. The summed E-state index contributed by atoms with van der Waals surface area (Å²) in [6.07, 6.45) is 0. The third kappa shape index (κ3) is 4.22. The SMILES string of the molecule is C[C@@H](c1nnc(-c2ccc(F)cc2)o1)N1CCN(Cc2cccc3ccccc23)CC1. The molecule has 5 rings (SSSR count). The predicted octanol–water partition coefficient (Wildman–Crippen LogP) is 4.91. The topological polar surface area (TPSA) is 45.4 Å². The molecule has 0 unspecified atom stereocenters. The van der Waals surface area contributed by atoms with Crippen LogP contribution in [0.2, 0.25) is 0 Å². The average Bonchev–Trinajstić information content (AvgIpc) is 3.30. The van der Waals surface area contributed by atoms with E-state index >= 15 is 0 Å². The number of rotatable bonds is 5. The molecule has 1 aliphatic rings. The Morgan fingerprint density at radius 1 is 0.903 bits per heavy atom. The Bertz CT molecular complexity index is 1160. The second kappa shape index (κ2) is 8.57. The standard InChI is InChI=1S/C25H25FN4O/c1-18(24-27-28-25(31-24)20-9-11-22(26)12-10-20)30-15-13-29(14-16-30)17-21-7-4-6-19-5-2-3-8-23(19)21/h2-12,18H,13-17H2,1H3/t18-/m0/s1. The third-order valence-corrected chi connectivity index (χ3v) is 6.12. The van der Waals surface area contributed by atoms with Crippen molar-refractivity contribution in [2.75, 3.05) is 26.2 Å². The summed E-state index contributed by atoms with van der Waals surface area (Å²) in [5, 5.41) is 11.0. The van der Waals surface area contributed by atoms with Gasteiger partial charge in [0, 0.05) is 38.3 Å². The lowest BCUT2D eigenvalue weighted by Crippen LogP contribution is -2.46. The Morgan fingerprint density at radius 2 is 1.65 bits per heavy atom. The van der Waals surface area contributed by atoms with Gasteiger partial charge < -0.3 is 4.42 Å². The maximum absolute atomic E-state index is 13.1. The molecule has 0 aliphatic carbocycles. The summed E-state index contributed by atoms with van der Waals surface area (Å²) >= 11 is 0. The van der Waals surface area contributed by atoms with Gasteiger partial charge in [-0.3, -0.25) is 9.80 Å². The highest BCUT2D eigenvalue weighted by Crippen LogP contribution is 2.26. The van der Waals surface area contributed by atoms with Gasteiger partial charge in [0.1, 0.15) is 5.82 Å². The van der Waals surface area contributed by atoms with E-state index in [1.807, 2.05) is 0 Å². The summed E-state index contributed by atoms with van der Waals surface area (Å²) in [6.45, 7) is 6.93. The lowest BCUT2D eigenvalue weighted by Gasteiger charge is -2.37. The van der Waals surface area contributed by atoms with Gasteiger partial charge in [0.15, 0.2) is 0 Å². The van der Waals surface area contributed by atoms with E-state index in [1.165, 1.54) is 28.5 Å². The van der Waals surface area contributed by atoms with Crippen LogP contribution in [0, 0.1) is 5.82 Å². The average molecular weight is 417 g/mol. The summed E-state index contributed by atoms with van der Waals surface area (Å²) in [5.41, 5.74) is 2.10. The smallest absolute Gasteiger partial charge is 0.247 e. The second-order valence-corrected chi connectivity index (χ2v) is 8.08. The molecule has 1 atom stereocenters. The number of aromatic nitrogens is 2. The Morgan fingerprint density at radius 3 is 2.45 bits per heavy atom. The fourth-order valence-corrected chi connectivity index (χ4v) is 4.25. The maximum Gasteiger partial charge on any atom is 0.247 e. The van der Waals surface area contributed by atoms with Crippen molar-refractivity contribution in [1.82, 2.24) is 20.0 Å². The molecule has 2 heterocycles. The molecule has 31 heavy (non-hydrogen) atoms. The Balaban J connectivity index is 1.22. The number of hydrogen-bond donors (Lipinski definition) is 0. The van der Waals surface area contributed by atoms with E-state index in [0.717, 1.165) is 38.3 Å². The largest absolute Gasteiger partial charge is 0.419 e. The fourth-order valence-electron chi connectivity index (χ4n) is 4.25. The van der Waals surface area contributed by atoms with Gasteiger partial charge in [-0.2, -0.15) is 0 Å². The molecule has 1 aliphatic heterocycles. The van der Waals surface area contributed by atoms with Gasteiger partial charge in [-0.25, -0.2) is 4.39 Å². The van der Waals surface area contributed by atoms with Crippen LogP contribution in [0.4, 0.5) is 4.39 Å². The minimum Gasteiger partial charge on any atom is -0.419 e. The van der Waals surface area contributed by atoms with Crippen molar-refractivity contribution in [3.05, 3.63) is 84.0 Å². The van der Waals surface area contributed by atoms with Gasteiger partial charge >= 0.3 is 0 Å². The highest BCUT2D eigenvalue weighted by molar-refractivity contribution is 5.85. The molecular weight excluding hydrogens is 391 g/mol. The number of halogens is 1. The van der Waals surface area contributed by atoms with E-state index in [-0.39, 0.29) is 11.9 Å². The molecule has 1 aromatic heterocycles. The van der Waals surface area contributed by atoms with Crippen LogP contribution in [0.3, 0.4) is 0 Å². The molecule has 0 bridgehead atoms. The number of piperazine rings is 1. The van der Waals surface area contributed by atoms with E-state index in [1.54, 1.807) is 12.1 Å². The minimum absolute atomic E-state index is 0.0430. The minimum atomic E-state index is -0.279. The van der Waals surface area contributed by atoms with Crippen molar-refractivity contribution in [2.24, 2.45) is 0 Å². The van der Waals surface area contributed by atoms with Crippen molar-refractivity contribution < 1.29 is 8.81 Å². The van der Waals surface area contributed by atoms with Crippen LogP contribution in [0.5, 0.6) is 0 Å². The Hall–Kier alpha value is -3.09. The van der Waals surface area contributed by atoms with E-state index < -0.39 is 0 Å². The molecule has 0 radical (unpaired) electrons. The predicted molar refractivity (Wildman–Crippen MR) is 119 cm³/mol. The molecule has 158 valence electrons. The highest BCUT2D eigenvalue weighted by atomic mass is 19.1. The van der Waals surface area contributed by atoms with Crippen LogP contribution >= 0.6 is 0 Å². The molecule has 0 N–H and O–H groups in total. The van der Waals surface area contributed by atoms with Gasteiger partial charge in [-0.15, -0.1) is 10.2 Å². The normalized spacial score (nSPS) is 16.6. The van der Waals surface area contributed by atoms with Crippen LogP contribution in [-0.2, 0) is 6.54 Å². The molecule has 4 aromatic rings. The van der Waals surface area contributed by atoms with Crippen LogP contribution in [0.25, 0.3) is 22.2 Å². The Kier molecular flexibility index (Phi) is 5.49. The van der Waals surface area contributed by atoms with E-state index in [0.29, 0.717) is 11.8 Å². The maximum atomic E-state index is 13.1. The quantitative estimate of drug-likeness (QED) is 0.463. The second-order valence-electron chi connectivity index (χ2n) is 8.08. The first-order valence-electron chi connectivity index (χ1n) is 10.7. The Labute approximate surface area is 181 Å². The summed E-state index contributed by atoms with van der Waals surface area (Å²) in [5.74, 6) is 0.747. The van der Waals surface area contributed by atoms with E-state index in [9.17, 15) is 4.39 Å². The molecular formula is C25H25FN4O. The number of hydrogen-bond acceptors (Lipinski definition) is 5. The number of fused-ring (bicyclic) bond motifs is 1. The van der Waals surface area contributed by atoms with Crippen LogP contribution in [0.15, 0.2) is 71.1 Å². The monoisotopic (exact) mass is 416 g/mol. The van der Waals surface area contributed by atoms with Gasteiger partial charge in [0.05, 0.1) is 6.04 Å². The summed E-state index contributed by atoms with van der Waals surface area (Å²) in [7, 11) is 0. The zero-order chi connectivity index (χ0) is 21.2. The third-order valence-electron chi connectivity index (χ3n) is 6.12. The summed E-state index contributed by atoms with van der Waals surface area (Å²) in [4.78, 5) is 4.88. The first-order chi connectivity index (χ1) is 15.2. The molecule has 0 amide bonds. The summed E-state index contributed by atoms with van der Waals surface area (Å²) < 4.78 is 19.0. The van der Waals surface area contributed by atoms with Gasteiger partial charge in [-0.1, -0.05) is 42.5 Å². The molecule has 5 nitrogen and oxygen atoms in total. The van der Waals surface area contributed by atoms with Crippen LogP contribution in [0.1, 0.15) is 24.4 Å². The molecule has 1 saturated heterocycles. The number of nitrogens with zero attached hydrogens (tertiary/aromatic N) is 4. The van der Waals surface area contributed by atoms with Gasteiger partial charge in [0.25, 0.3) is 0 Å². The zero-order valence-electron chi connectivity index (χ0n) is 17.5. The summed E-state index contributed by atoms with van der Waals surface area (Å²) in [6, 6.07) is 21.3. The van der Waals surface area contributed by atoms with Crippen molar-refractivity contribution >= 4 is 10.8 Å². The zero-order valence-corrected chi connectivity index (χ0v) is 17.5. The van der Waals surface area contributed by atoms with E-state index in [2.05, 4.69) is 69.4 Å². The van der Waals surface area contributed by atoms with E-state index in [4.69, 9.17) is 4.42 Å². The first kappa shape index (κ1) is 19.8. The van der Waals surface area contributed by atoms with Crippen molar-refractivity contribution in [3.8, 4) is 11.5 Å². The van der Waals surface area contributed by atoms with Crippen LogP contribution in [-0.4, -0.2) is 46.2 Å². The fraction of sp³-hybridized carbons (Fsp3) is 0.280. The van der Waals surface area contributed by atoms with Crippen molar-refractivity contribution in [3.63, 3.8) is 0 Å². The molecule has 3 aromatic carbocycles. The van der Waals surface area contributed by atoms with Crippen molar-refractivity contribution in [1.29, 1.82) is 0 Å². The van der Waals surface area contributed by atoms with Crippen LogP contribution < -0.4 is 0 Å². The molecule has 6 heteroatoms. The van der Waals surface area contributed by atoms with Gasteiger partial charge in [0.2, 0.25) is 11.8 Å². The molecule has 1 fully saturated rings. The first-order valence-corrected chi connectivity index (χ1v) is 10.7. The van der Waals surface area contributed by atoms with Crippen molar-refractivity contribution in [2.45, 2.75) is 19.5 Å². The lowest BCUT2D eigenvalue weighted by atomic mass is 10.0.